The summed E-state index contributed by atoms with van der Waals surface area (Å²) in [6.45, 7) is 5.02. The maximum absolute atomic E-state index is 4.59. The molecule has 6 nitrogen and oxygen atoms in total. The molecule has 1 atom stereocenters. The van der Waals surface area contributed by atoms with Gasteiger partial charge in [-0.1, -0.05) is 0 Å². The first kappa shape index (κ1) is 15.5. The lowest BCUT2D eigenvalue weighted by atomic mass is 9.96. The van der Waals surface area contributed by atoms with Crippen LogP contribution in [-0.2, 0) is 6.54 Å². The highest BCUT2D eigenvalue weighted by Crippen LogP contribution is 2.32. The van der Waals surface area contributed by atoms with Crippen LogP contribution in [0.25, 0.3) is 11.0 Å². The van der Waals surface area contributed by atoms with Crippen LogP contribution in [0.3, 0.4) is 0 Å². The fraction of sp³-hybridized carbons (Fsp3) is 0.412. The van der Waals surface area contributed by atoms with Crippen molar-refractivity contribution in [1.82, 2.24) is 24.7 Å². The monoisotopic (exact) mass is 386 g/mol. The average molecular weight is 387 g/mol. The van der Waals surface area contributed by atoms with Gasteiger partial charge in [0, 0.05) is 42.4 Å². The van der Waals surface area contributed by atoms with Gasteiger partial charge in [-0.3, -0.25) is 9.97 Å². The molecule has 4 heterocycles. The molecule has 0 bridgehead atoms. The maximum Gasteiger partial charge on any atom is 0.137 e. The molecular weight excluding hydrogens is 368 g/mol. The summed E-state index contributed by atoms with van der Waals surface area (Å²) in [5, 5.41) is 8.46. The molecule has 0 N–H and O–H groups in total. The van der Waals surface area contributed by atoms with Gasteiger partial charge in [-0.05, 0) is 47.8 Å². The molecule has 0 saturated carbocycles. The molecule has 4 rings (SSSR count). The van der Waals surface area contributed by atoms with Crippen molar-refractivity contribution in [3.05, 3.63) is 41.2 Å². The van der Waals surface area contributed by atoms with Crippen LogP contribution >= 0.6 is 15.9 Å². The molecule has 3 aromatic rings. The molecule has 1 saturated heterocycles. The lowest BCUT2D eigenvalue weighted by Crippen LogP contribution is -2.35. The summed E-state index contributed by atoms with van der Waals surface area (Å²) >= 11 is 3.47. The van der Waals surface area contributed by atoms with Gasteiger partial charge in [-0.25, -0.2) is 0 Å². The summed E-state index contributed by atoms with van der Waals surface area (Å²) in [5.74, 6) is 1.50. The van der Waals surface area contributed by atoms with E-state index in [9.17, 15) is 0 Å². The Hall–Kier alpha value is -2.02. The predicted molar refractivity (Wildman–Crippen MR) is 97.1 cm³/mol. The summed E-state index contributed by atoms with van der Waals surface area (Å²) in [6.07, 6.45) is 7.82. The van der Waals surface area contributed by atoms with Crippen molar-refractivity contribution in [3.8, 4) is 0 Å². The van der Waals surface area contributed by atoms with Crippen molar-refractivity contribution in [1.29, 1.82) is 0 Å². The highest BCUT2D eigenvalue weighted by Gasteiger charge is 2.26. The van der Waals surface area contributed by atoms with Crippen LogP contribution in [0.2, 0.25) is 0 Å². The molecule has 0 spiro atoms. The minimum atomic E-state index is 0.403. The van der Waals surface area contributed by atoms with Crippen molar-refractivity contribution in [2.45, 2.75) is 32.2 Å². The highest BCUT2D eigenvalue weighted by atomic mass is 79.9. The summed E-state index contributed by atoms with van der Waals surface area (Å²) in [5.41, 5.74) is 3.03. The standard InChI is InChI=1S/C17H19BrN6/c1-2-23-11-21-22-17(23)12-4-3-7-24(10-12)15-5-6-19-14-8-13(18)9-20-16(14)15/h5-6,8-9,11-12H,2-4,7,10H2,1H3. The minimum Gasteiger partial charge on any atom is -0.369 e. The second-order valence-electron chi connectivity index (χ2n) is 6.11. The van der Waals surface area contributed by atoms with Gasteiger partial charge in [-0.15, -0.1) is 10.2 Å². The molecule has 0 amide bonds. The van der Waals surface area contributed by atoms with Gasteiger partial charge in [0.05, 0.1) is 11.2 Å². The molecule has 0 radical (unpaired) electrons. The van der Waals surface area contributed by atoms with E-state index in [0.29, 0.717) is 5.92 Å². The number of hydrogen-bond donors (Lipinski definition) is 0. The topological polar surface area (TPSA) is 59.7 Å². The van der Waals surface area contributed by atoms with E-state index in [2.05, 4.69) is 58.6 Å². The van der Waals surface area contributed by atoms with Crippen LogP contribution in [0.1, 0.15) is 31.5 Å². The van der Waals surface area contributed by atoms with E-state index < -0.39 is 0 Å². The highest BCUT2D eigenvalue weighted by molar-refractivity contribution is 9.10. The summed E-state index contributed by atoms with van der Waals surface area (Å²) in [4.78, 5) is 11.5. The Morgan fingerprint density at radius 3 is 3.12 bits per heavy atom. The third-order valence-corrected chi connectivity index (χ3v) is 5.07. The van der Waals surface area contributed by atoms with E-state index in [1.807, 2.05) is 24.8 Å². The van der Waals surface area contributed by atoms with Gasteiger partial charge in [0.1, 0.15) is 17.7 Å². The molecule has 24 heavy (non-hydrogen) atoms. The number of hydrogen-bond acceptors (Lipinski definition) is 5. The van der Waals surface area contributed by atoms with E-state index in [-0.39, 0.29) is 0 Å². The number of aromatic nitrogens is 5. The number of anilines is 1. The van der Waals surface area contributed by atoms with Crippen LogP contribution in [-0.4, -0.2) is 37.8 Å². The molecule has 1 aliphatic rings. The zero-order chi connectivity index (χ0) is 16.5. The van der Waals surface area contributed by atoms with Crippen molar-refractivity contribution in [2.75, 3.05) is 18.0 Å². The lowest BCUT2D eigenvalue weighted by molar-refractivity contribution is 0.474. The molecule has 0 aliphatic carbocycles. The van der Waals surface area contributed by atoms with Gasteiger partial charge in [0.25, 0.3) is 0 Å². The van der Waals surface area contributed by atoms with Crippen molar-refractivity contribution < 1.29 is 0 Å². The van der Waals surface area contributed by atoms with Gasteiger partial charge < -0.3 is 9.47 Å². The lowest BCUT2D eigenvalue weighted by Gasteiger charge is -2.34. The maximum atomic E-state index is 4.59. The molecule has 0 aromatic carbocycles. The molecule has 7 heteroatoms. The van der Waals surface area contributed by atoms with Crippen molar-refractivity contribution in [3.63, 3.8) is 0 Å². The molecular formula is C17H19BrN6. The normalized spacial score (nSPS) is 18.2. The van der Waals surface area contributed by atoms with Crippen LogP contribution in [0, 0.1) is 0 Å². The summed E-state index contributed by atoms with van der Waals surface area (Å²) in [6, 6.07) is 4.08. The molecule has 3 aromatic heterocycles. The van der Waals surface area contributed by atoms with Crippen molar-refractivity contribution in [2.24, 2.45) is 0 Å². The quantitative estimate of drug-likeness (QED) is 0.690. The van der Waals surface area contributed by atoms with E-state index in [1.165, 1.54) is 0 Å². The Balaban J connectivity index is 1.67. The average Bonchev–Trinajstić information content (AvgIpc) is 3.10. The van der Waals surface area contributed by atoms with Gasteiger partial charge >= 0.3 is 0 Å². The Labute approximate surface area is 149 Å². The second kappa shape index (κ2) is 6.47. The van der Waals surface area contributed by atoms with Gasteiger partial charge in [0.2, 0.25) is 0 Å². The van der Waals surface area contributed by atoms with E-state index in [1.54, 1.807) is 0 Å². The Kier molecular flexibility index (Phi) is 4.18. The van der Waals surface area contributed by atoms with Gasteiger partial charge in [0.15, 0.2) is 0 Å². The number of fused-ring (bicyclic) bond motifs is 1. The molecule has 1 unspecified atom stereocenters. The number of halogens is 1. The number of nitrogens with zero attached hydrogens (tertiary/aromatic N) is 6. The summed E-state index contributed by atoms with van der Waals surface area (Å²) < 4.78 is 3.10. The number of rotatable bonds is 3. The Bertz CT molecular complexity index is 861. The number of piperidine rings is 1. The first-order valence-corrected chi connectivity index (χ1v) is 9.08. The largest absolute Gasteiger partial charge is 0.369 e. The van der Waals surface area contributed by atoms with E-state index >= 15 is 0 Å². The van der Waals surface area contributed by atoms with Crippen molar-refractivity contribution >= 4 is 32.7 Å². The zero-order valence-corrected chi connectivity index (χ0v) is 15.1. The smallest absolute Gasteiger partial charge is 0.137 e. The first-order valence-electron chi connectivity index (χ1n) is 8.29. The zero-order valence-electron chi connectivity index (χ0n) is 13.6. The van der Waals surface area contributed by atoms with Crippen LogP contribution in [0.5, 0.6) is 0 Å². The first-order chi connectivity index (χ1) is 11.8. The fourth-order valence-electron chi connectivity index (χ4n) is 3.48. The molecule has 124 valence electrons. The Morgan fingerprint density at radius 2 is 2.25 bits per heavy atom. The Morgan fingerprint density at radius 1 is 1.33 bits per heavy atom. The predicted octanol–water partition coefficient (Wildman–Crippen LogP) is 3.39. The SMILES string of the molecule is CCn1cnnc1C1CCCN(c2ccnc3cc(Br)cnc23)C1. The third kappa shape index (κ3) is 2.77. The van der Waals surface area contributed by atoms with E-state index in [0.717, 1.165) is 59.5 Å². The van der Waals surface area contributed by atoms with Crippen LogP contribution in [0.4, 0.5) is 5.69 Å². The third-order valence-electron chi connectivity index (χ3n) is 4.64. The number of aryl methyl sites for hydroxylation is 1. The van der Waals surface area contributed by atoms with Gasteiger partial charge in [-0.2, -0.15) is 0 Å². The fourth-order valence-corrected chi connectivity index (χ4v) is 3.80. The second-order valence-corrected chi connectivity index (χ2v) is 7.03. The van der Waals surface area contributed by atoms with Crippen LogP contribution < -0.4 is 4.90 Å². The minimum absolute atomic E-state index is 0.403. The van der Waals surface area contributed by atoms with Crippen LogP contribution in [0.15, 0.2) is 35.3 Å². The summed E-state index contributed by atoms with van der Waals surface area (Å²) in [7, 11) is 0. The number of pyridine rings is 2. The molecule has 1 fully saturated rings. The molecule has 1 aliphatic heterocycles. The van der Waals surface area contributed by atoms with E-state index in [4.69, 9.17) is 0 Å².